The van der Waals surface area contributed by atoms with Crippen LogP contribution in [-0.2, 0) is 16.4 Å². The number of rotatable bonds is 7. The molecule has 0 fully saturated rings. The molecule has 1 heterocycles. The molecule has 9 heteroatoms. The third kappa shape index (κ3) is 6.08. The second-order valence-electron chi connectivity index (χ2n) is 9.10. The molecule has 1 aliphatic rings. The van der Waals surface area contributed by atoms with E-state index in [1.165, 1.54) is 12.1 Å². The molecule has 0 saturated heterocycles. The molecule has 0 aromatic heterocycles. The van der Waals surface area contributed by atoms with Crippen molar-refractivity contribution >= 4 is 44.8 Å². The summed E-state index contributed by atoms with van der Waals surface area (Å²) in [5.74, 6) is -0.268. The van der Waals surface area contributed by atoms with E-state index in [0.717, 1.165) is 21.7 Å². The third-order valence-electron chi connectivity index (χ3n) is 6.08. The molecule has 0 radical (unpaired) electrons. The van der Waals surface area contributed by atoms with Crippen LogP contribution in [-0.4, -0.2) is 29.7 Å². The lowest BCUT2D eigenvalue weighted by Gasteiger charge is -2.32. The van der Waals surface area contributed by atoms with Gasteiger partial charge in [-0.2, -0.15) is 18.3 Å². The van der Waals surface area contributed by atoms with Gasteiger partial charge in [-0.05, 0) is 55.3 Å². The fourth-order valence-corrected chi connectivity index (χ4v) is 5.17. The van der Waals surface area contributed by atoms with E-state index >= 15 is 0 Å². The van der Waals surface area contributed by atoms with E-state index in [-0.39, 0.29) is 12.5 Å². The summed E-state index contributed by atoms with van der Waals surface area (Å²) in [6.07, 6.45) is -4.09. The van der Waals surface area contributed by atoms with E-state index in [1.807, 2.05) is 49.4 Å². The number of benzene rings is 3. The van der Waals surface area contributed by atoms with Crippen LogP contribution in [0.1, 0.15) is 30.0 Å². The Bertz CT molecular complexity index is 1340. The molecule has 1 unspecified atom stereocenters. The van der Waals surface area contributed by atoms with Crippen molar-refractivity contribution in [2.45, 2.75) is 24.9 Å². The minimum atomic E-state index is -4.57. The summed E-state index contributed by atoms with van der Waals surface area (Å²) in [6.45, 7) is 6.29. The number of anilines is 1. The topological polar surface area (TPSA) is 44.7 Å². The molecular formula is C28H24BrClF3N3O. The van der Waals surface area contributed by atoms with Gasteiger partial charge in [-0.3, -0.25) is 9.80 Å². The number of hydrogen-bond acceptors (Lipinski definition) is 3. The Morgan fingerprint density at radius 2 is 1.81 bits per heavy atom. The SMILES string of the molecule is C=C(C)CC1(c2ccccc2)CN(CC(=O)Nc2ccc(Br)cc2)N=C1c1ccc(C(F)(F)F)c(Cl)c1. The van der Waals surface area contributed by atoms with Crippen molar-refractivity contribution < 1.29 is 18.0 Å². The Labute approximate surface area is 227 Å². The summed E-state index contributed by atoms with van der Waals surface area (Å²) in [6, 6.07) is 20.4. The zero-order valence-electron chi connectivity index (χ0n) is 19.9. The van der Waals surface area contributed by atoms with Crippen LogP contribution in [0.4, 0.5) is 18.9 Å². The predicted octanol–water partition coefficient (Wildman–Crippen LogP) is 7.68. The van der Waals surface area contributed by atoms with E-state index in [9.17, 15) is 18.0 Å². The highest BCUT2D eigenvalue weighted by Gasteiger charge is 2.45. The van der Waals surface area contributed by atoms with Crippen LogP contribution in [0.3, 0.4) is 0 Å². The first kappa shape index (κ1) is 26.9. The van der Waals surface area contributed by atoms with Crippen LogP contribution in [0.25, 0.3) is 0 Å². The molecule has 0 saturated carbocycles. The quantitative estimate of drug-likeness (QED) is 0.287. The standard InChI is InChI=1S/C28H24BrClF3N3O/c1-18(2)15-27(20-6-4-3-5-7-20)17-36(16-25(37)34-22-11-9-21(29)10-12-22)35-26(27)19-8-13-23(24(30)14-19)28(31,32)33/h3-14H,1,15-17H2,2H3,(H,34,37). The van der Waals surface area contributed by atoms with Gasteiger partial charge in [-0.15, -0.1) is 6.58 Å². The molecule has 1 N–H and O–H groups in total. The number of nitrogens with one attached hydrogen (secondary N) is 1. The zero-order valence-corrected chi connectivity index (χ0v) is 22.3. The molecule has 4 rings (SSSR count). The van der Waals surface area contributed by atoms with E-state index in [4.69, 9.17) is 16.7 Å². The van der Waals surface area contributed by atoms with E-state index in [2.05, 4.69) is 27.8 Å². The number of hydrazone groups is 1. The van der Waals surface area contributed by atoms with Gasteiger partial charge in [0, 0.05) is 15.7 Å². The minimum Gasteiger partial charge on any atom is -0.324 e. The van der Waals surface area contributed by atoms with Crippen LogP contribution >= 0.6 is 27.5 Å². The Morgan fingerprint density at radius 1 is 1.14 bits per heavy atom. The Morgan fingerprint density at radius 3 is 2.41 bits per heavy atom. The fourth-order valence-electron chi connectivity index (χ4n) is 4.62. The molecule has 1 amide bonds. The minimum absolute atomic E-state index is 0.0430. The Kier molecular flexibility index (Phi) is 7.80. The second kappa shape index (κ2) is 10.7. The maximum Gasteiger partial charge on any atom is 0.417 e. The smallest absolute Gasteiger partial charge is 0.324 e. The van der Waals surface area contributed by atoms with Gasteiger partial charge < -0.3 is 5.32 Å². The average molecular weight is 591 g/mol. The first-order valence-corrected chi connectivity index (χ1v) is 12.6. The van der Waals surface area contributed by atoms with Crippen LogP contribution in [0.2, 0.25) is 5.02 Å². The van der Waals surface area contributed by atoms with E-state index in [1.54, 1.807) is 17.1 Å². The van der Waals surface area contributed by atoms with Crippen molar-refractivity contribution in [2.75, 3.05) is 18.4 Å². The van der Waals surface area contributed by atoms with E-state index < -0.39 is 22.2 Å². The lowest BCUT2D eigenvalue weighted by atomic mass is 9.70. The lowest BCUT2D eigenvalue weighted by molar-refractivity contribution is -0.137. The summed E-state index contributed by atoms with van der Waals surface area (Å²) < 4.78 is 41.0. The maximum atomic E-state index is 13.4. The van der Waals surface area contributed by atoms with Gasteiger partial charge in [0.1, 0.15) is 6.54 Å². The van der Waals surface area contributed by atoms with Crippen molar-refractivity contribution in [2.24, 2.45) is 5.10 Å². The van der Waals surface area contributed by atoms with Gasteiger partial charge in [0.05, 0.1) is 28.3 Å². The molecule has 37 heavy (non-hydrogen) atoms. The van der Waals surface area contributed by atoms with Gasteiger partial charge in [0.15, 0.2) is 0 Å². The van der Waals surface area contributed by atoms with Gasteiger partial charge in [-0.25, -0.2) is 0 Å². The predicted molar refractivity (Wildman–Crippen MR) is 145 cm³/mol. The highest BCUT2D eigenvalue weighted by Crippen LogP contribution is 2.42. The van der Waals surface area contributed by atoms with Gasteiger partial charge in [-0.1, -0.05) is 69.5 Å². The monoisotopic (exact) mass is 589 g/mol. The van der Waals surface area contributed by atoms with Crippen LogP contribution in [0, 0.1) is 0 Å². The molecule has 3 aromatic carbocycles. The number of amides is 1. The van der Waals surface area contributed by atoms with Gasteiger partial charge in [0.2, 0.25) is 5.91 Å². The first-order chi connectivity index (χ1) is 17.5. The van der Waals surface area contributed by atoms with Crippen molar-refractivity contribution in [3.63, 3.8) is 0 Å². The number of carbonyl (C=O) groups is 1. The van der Waals surface area contributed by atoms with Crippen molar-refractivity contribution in [1.29, 1.82) is 0 Å². The van der Waals surface area contributed by atoms with Crippen LogP contribution in [0.5, 0.6) is 0 Å². The number of hydrogen-bond donors (Lipinski definition) is 1. The molecule has 1 atom stereocenters. The summed E-state index contributed by atoms with van der Waals surface area (Å²) >= 11 is 9.45. The van der Waals surface area contributed by atoms with Crippen LogP contribution in [0.15, 0.2) is 94.5 Å². The maximum absolute atomic E-state index is 13.4. The summed E-state index contributed by atoms with van der Waals surface area (Å²) in [5, 5.41) is 8.87. The van der Waals surface area contributed by atoms with Crippen molar-refractivity contribution in [1.82, 2.24) is 5.01 Å². The largest absolute Gasteiger partial charge is 0.417 e. The average Bonchev–Trinajstić information content (AvgIpc) is 3.18. The molecule has 3 aromatic rings. The molecule has 192 valence electrons. The molecule has 0 spiro atoms. The number of carbonyl (C=O) groups excluding carboxylic acids is 1. The van der Waals surface area contributed by atoms with E-state index in [0.29, 0.717) is 29.9 Å². The number of alkyl halides is 3. The Hall–Kier alpha value is -3.10. The molecule has 0 aliphatic carbocycles. The van der Waals surface area contributed by atoms with Gasteiger partial charge in [0.25, 0.3) is 0 Å². The second-order valence-corrected chi connectivity index (χ2v) is 10.4. The molecule has 0 bridgehead atoms. The summed E-state index contributed by atoms with van der Waals surface area (Å²) in [5.41, 5.74) is 1.77. The highest BCUT2D eigenvalue weighted by molar-refractivity contribution is 9.10. The number of halogens is 5. The van der Waals surface area contributed by atoms with Gasteiger partial charge >= 0.3 is 6.18 Å². The normalized spacial score (nSPS) is 17.5. The Balaban J connectivity index is 1.74. The van der Waals surface area contributed by atoms with Crippen molar-refractivity contribution in [3.8, 4) is 0 Å². The fraction of sp³-hybridized carbons (Fsp3) is 0.214. The zero-order chi connectivity index (χ0) is 26.8. The lowest BCUT2D eigenvalue weighted by Crippen LogP contribution is -2.40. The number of nitrogens with zero attached hydrogens (tertiary/aromatic N) is 2. The first-order valence-electron chi connectivity index (χ1n) is 11.4. The van der Waals surface area contributed by atoms with Crippen molar-refractivity contribution in [3.05, 3.63) is 111 Å². The molecule has 4 nitrogen and oxygen atoms in total. The third-order valence-corrected chi connectivity index (χ3v) is 6.92. The number of allylic oxidation sites excluding steroid dienone is 1. The highest BCUT2D eigenvalue weighted by atomic mass is 79.9. The van der Waals surface area contributed by atoms with Crippen LogP contribution < -0.4 is 5.32 Å². The molecular weight excluding hydrogens is 567 g/mol. The summed E-state index contributed by atoms with van der Waals surface area (Å²) in [7, 11) is 0. The summed E-state index contributed by atoms with van der Waals surface area (Å²) in [4.78, 5) is 12.9. The molecule has 1 aliphatic heterocycles.